The highest BCUT2D eigenvalue weighted by atomic mass is 35.5. The molecule has 1 saturated heterocycles. The van der Waals surface area contributed by atoms with E-state index in [4.69, 9.17) is 10.5 Å². The van der Waals surface area contributed by atoms with Crippen molar-refractivity contribution in [3.63, 3.8) is 0 Å². The fraction of sp³-hybridized carbons (Fsp3) is 0.588. The maximum Gasteiger partial charge on any atom is 0.253 e. The summed E-state index contributed by atoms with van der Waals surface area (Å²) in [5, 5.41) is 3.06. The molecular formula is C17H27Cl2N3O2. The van der Waals surface area contributed by atoms with Gasteiger partial charge >= 0.3 is 0 Å². The van der Waals surface area contributed by atoms with Gasteiger partial charge in [-0.1, -0.05) is 19.1 Å². The summed E-state index contributed by atoms with van der Waals surface area (Å²) in [6, 6.07) is 6.15. The van der Waals surface area contributed by atoms with Crippen molar-refractivity contribution in [2.45, 2.75) is 51.5 Å². The van der Waals surface area contributed by atoms with Crippen LogP contribution in [0.3, 0.4) is 0 Å². The van der Waals surface area contributed by atoms with Crippen LogP contribution in [-0.4, -0.2) is 36.1 Å². The van der Waals surface area contributed by atoms with Crippen LogP contribution in [0.4, 0.5) is 5.69 Å². The Morgan fingerprint density at radius 3 is 2.79 bits per heavy atom. The van der Waals surface area contributed by atoms with Gasteiger partial charge in [0.2, 0.25) is 0 Å². The van der Waals surface area contributed by atoms with Gasteiger partial charge in [0.25, 0.3) is 5.91 Å². The van der Waals surface area contributed by atoms with Gasteiger partial charge in [0.1, 0.15) is 6.10 Å². The van der Waals surface area contributed by atoms with E-state index >= 15 is 0 Å². The second-order valence-corrected chi connectivity index (χ2v) is 6.20. The van der Waals surface area contributed by atoms with Crippen LogP contribution in [0.15, 0.2) is 18.2 Å². The number of hydrogen-bond acceptors (Lipinski definition) is 4. The van der Waals surface area contributed by atoms with Crippen molar-refractivity contribution in [1.82, 2.24) is 4.90 Å². The van der Waals surface area contributed by atoms with Gasteiger partial charge in [-0.3, -0.25) is 9.69 Å². The van der Waals surface area contributed by atoms with Crippen molar-refractivity contribution < 1.29 is 9.53 Å². The second kappa shape index (κ2) is 9.59. The zero-order valence-electron chi connectivity index (χ0n) is 14.0. The zero-order valence-corrected chi connectivity index (χ0v) is 15.6. The fourth-order valence-corrected chi connectivity index (χ4v) is 3.37. The van der Waals surface area contributed by atoms with E-state index in [1.807, 2.05) is 12.1 Å². The Morgan fingerprint density at radius 2 is 2.12 bits per heavy atom. The molecule has 136 valence electrons. The lowest BCUT2D eigenvalue weighted by Gasteiger charge is -2.15. The van der Waals surface area contributed by atoms with Crippen molar-refractivity contribution >= 4 is 36.4 Å². The average Bonchev–Trinajstić information content (AvgIpc) is 3.14. The number of hydrogen-bond donors (Lipinski definition) is 2. The molecule has 1 amide bonds. The first kappa shape index (κ1) is 21.2. The smallest absolute Gasteiger partial charge is 0.253 e. The van der Waals surface area contributed by atoms with Crippen LogP contribution in [0.5, 0.6) is 0 Å². The maximum atomic E-state index is 12.4. The lowest BCUT2D eigenvalue weighted by molar-refractivity contribution is -0.126. The van der Waals surface area contributed by atoms with Crippen molar-refractivity contribution in [2.24, 2.45) is 5.73 Å². The lowest BCUT2D eigenvalue weighted by atomic mass is 10.1. The van der Waals surface area contributed by atoms with Crippen molar-refractivity contribution in [3.05, 3.63) is 29.3 Å². The monoisotopic (exact) mass is 375 g/mol. The summed E-state index contributed by atoms with van der Waals surface area (Å²) in [4.78, 5) is 14.8. The number of anilines is 1. The normalized spacial score (nSPS) is 22.4. The molecule has 1 aromatic rings. The highest BCUT2D eigenvalue weighted by Crippen LogP contribution is 2.30. The topological polar surface area (TPSA) is 67.6 Å². The van der Waals surface area contributed by atoms with Crippen LogP contribution < -0.4 is 11.1 Å². The summed E-state index contributed by atoms with van der Waals surface area (Å²) in [5.74, 6) is -0.0432. The van der Waals surface area contributed by atoms with Gasteiger partial charge in [0.05, 0.1) is 6.10 Å². The zero-order chi connectivity index (χ0) is 15.5. The summed E-state index contributed by atoms with van der Waals surface area (Å²) < 4.78 is 5.68. The summed E-state index contributed by atoms with van der Waals surface area (Å²) in [5.41, 5.74) is 9.10. The Kier molecular flexibility index (Phi) is 8.46. The standard InChI is InChI=1S/C17H25N3O2.2ClH/c1-2-8-20-10-12-4-3-5-15(14(12)11-20)19-17(21)16-7-6-13(9-18)22-16;;/h3-5,13,16H,2,6-11,18H2,1H3,(H,19,21);2*1H/t13-,16+;;/m1../s1. The van der Waals surface area contributed by atoms with Gasteiger partial charge in [-0.05, 0) is 43.0 Å². The maximum absolute atomic E-state index is 12.4. The summed E-state index contributed by atoms with van der Waals surface area (Å²) in [7, 11) is 0. The molecule has 2 aliphatic rings. The largest absolute Gasteiger partial charge is 0.364 e. The first-order valence-corrected chi connectivity index (χ1v) is 8.20. The van der Waals surface area contributed by atoms with Crippen LogP contribution in [0.25, 0.3) is 0 Å². The molecule has 2 atom stereocenters. The molecular weight excluding hydrogens is 349 g/mol. The molecule has 0 aliphatic carbocycles. The van der Waals surface area contributed by atoms with Gasteiger partial charge in [0.15, 0.2) is 0 Å². The lowest BCUT2D eigenvalue weighted by Crippen LogP contribution is -2.30. The number of carbonyl (C=O) groups is 1. The van der Waals surface area contributed by atoms with E-state index < -0.39 is 0 Å². The molecule has 3 N–H and O–H groups in total. The third-order valence-corrected chi connectivity index (χ3v) is 4.51. The molecule has 1 fully saturated rings. The molecule has 1 aromatic carbocycles. The predicted molar refractivity (Wildman–Crippen MR) is 101 cm³/mol. The number of ether oxygens (including phenoxy) is 1. The average molecular weight is 376 g/mol. The first-order chi connectivity index (χ1) is 10.7. The van der Waals surface area contributed by atoms with Crippen LogP contribution in [0.2, 0.25) is 0 Å². The number of nitrogens with one attached hydrogen (secondary N) is 1. The van der Waals surface area contributed by atoms with E-state index in [9.17, 15) is 4.79 Å². The van der Waals surface area contributed by atoms with E-state index in [0.717, 1.165) is 44.6 Å². The Bertz CT molecular complexity index is 557. The van der Waals surface area contributed by atoms with E-state index in [1.54, 1.807) is 0 Å². The number of amides is 1. The minimum absolute atomic E-state index is 0. The number of fused-ring (bicyclic) bond motifs is 1. The quantitative estimate of drug-likeness (QED) is 0.829. The van der Waals surface area contributed by atoms with Crippen LogP contribution in [-0.2, 0) is 22.6 Å². The number of rotatable bonds is 5. The van der Waals surface area contributed by atoms with Gasteiger partial charge in [-0.2, -0.15) is 0 Å². The Morgan fingerprint density at radius 1 is 1.33 bits per heavy atom. The molecule has 5 nitrogen and oxygen atoms in total. The molecule has 0 saturated carbocycles. The summed E-state index contributed by atoms with van der Waals surface area (Å²) in [6.07, 6.45) is 2.43. The van der Waals surface area contributed by atoms with Gasteiger partial charge < -0.3 is 15.8 Å². The van der Waals surface area contributed by atoms with E-state index in [2.05, 4.69) is 23.2 Å². The van der Waals surface area contributed by atoms with Crippen LogP contribution in [0.1, 0.15) is 37.3 Å². The van der Waals surface area contributed by atoms with Crippen LogP contribution in [0, 0.1) is 0 Å². The van der Waals surface area contributed by atoms with Crippen LogP contribution >= 0.6 is 24.8 Å². The number of nitrogens with zero attached hydrogens (tertiary/aromatic N) is 1. The van der Waals surface area contributed by atoms with Gasteiger partial charge in [0, 0.05) is 25.3 Å². The van der Waals surface area contributed by atoms with E-state index in [0.29, 0.717) is 6.54 Å². The van der Waals surface area contributed by atoms with E-state index in [1.165, 1.54) is 11.1 Å². The third kappa shape index (κ3) is 4.61. The molecule has 2 heterocycles. The molecule has 0 radical (unpaired) electrons. The van der Waals surface area contributed by atoms with Crippen molar-refractivity contribution in [2.75, 3.05) is 18.4 Å². The molecule has 7 heteroatoms. The fourth-order valence-electron chi connectivity index (χ4n) is 3.37. The number of halogens is 2. The predicted octanol–water partition coefficient (Wildman–Crippen LogP) is 2.70. The molecule has 3 rings (SSSR count). The van der Waals surface area contributed by atoms with E-state index in [-0.39, 0.29) is 42.9 Å². The number of benzene rings is 1. The Hall–Kier alpha value is -0.850. The van der Waals surface area contributed by atoms with Gasteiger partial charge in [-0.15, -0.1) is 24.8 Å². The molecule has 0 unspecified atom stereocenters. The minimum Gasteiger partial charge on any atom is -0.364 e. The van der Waals surface area contributed by atoms with Crippen molar-refractivity contribution in [1.29, 1.82) is 0 Å². The van der Waals surface area contributed by atoms with Crippen molar-refractivity contribution in [3.8, 4) is 0 Å². The molecule has 2 aliphatic heterocycles. The Balaban J connectivity index is 0.00000144. The van der Waals surface area contributed by atoms with Gasteiger partial charge in [-0.25, -0.2) is 0 Å². The molecule has 0 spiro atoms. The summed E-state index contributed by atoms with van der Waals surface area (Å²) in [6.45, 7) is 5.65. The number of nitrogens with two attached hydrogens (primary N) is 1. The Labute approximate surface area is 156 Å². The summed E-state index contributed by atoms with van der Waals surface area (Å²) >= 11 is 0. The second-order valence-electron chi connectivity index (χ2n) is 6.20. The number of carbonyl (C=O) groups excluding carboxylic acids is 1. The minimum atomic E-state index is -0.363. The third-order valence-electron chi connectivity index (χ3n) is 4.51. The molecule has 0 bridgehead atoms. The highest BCUT2D eigenvalue weighted by molar-refractivity contribution is 5.95. The first-order valence-electron chi connectivity index (χ1n) is 8.20. The molecule has 24 heavy (non-hydrogen) atoms. The molecule has 0 aromatic heterocycles. The SMILES string of the molecule is CCCN1Cc2cccc(NC(=O)[C@@H]3CC[C@H](CN)O3)c2C1.Cl.Cl. The highest BCUT2D eigenvalue weighted by Gasteiger charge is 2.30.